The number of nitrogens with one attached hydrogen (secondary N) is 1. The summed E-state index contributed by atoms with van der Waals surface area (Å²) in [6, 6.07) is 0.604. The molecule has 17 heavy (non-hydrogen) atoms. The summed E-state index contributed by atoms with van der Waals surface area (Å²) < 4.78 is 0.672. The third kappa shape index (κ3) is 2.91. The minimum atomic E-state index is -1.02. The van der Waals surface area contributed by atoms with Gasteiger partial charge in [-0.3, -0.25) is 4.79 Å². The summed E-state index contributed by atoms with van der Waals surface area (Å²) in [6.45, 7) is 0. The molecule has 4 nitrogen and oxygen atoms in total. The van der Waals surface area contributed by atoms with Gasteiger partial charge >= 0.3 is 5.97 Å². The van der Waals surface area contributed by atoms with Gasteiger partial charge in [0.25, 0.3) is 5.91 Å². The van der Waals surface area contributed by atoms with Crippen molar-refractivity contribution in [2.45, 2.75) is 18.9 Å². The summed E-state index contributed by atoms with van der Waals surface area (Å²) in [5, 5.41) is 11.5. The third-order valence-corrected chi connectivity index (χ3v) is 4.03. The number of hydrogen-bond donors (Lipinski definition) is 2. The zero-order valence-corrected chi connectivity index (χ0v) is 10.9. The molecule has 0 bridgehead atoms. The molecule has 1 fully saturated rings. The van der Waals surface area contributed by atoms with Crippen molar-refractivity contribution in [2.75, 3.05) is 0 Å². The van der Waals surface area contributed by atoms with Gasteiger partial charge < -0.3 is 10.4 Å². The van der Waals surface area contributed by atoms with E-state index in [0.717, 1.165) is 24.2 Å². The van der Waals surface area contributed by atoms with Gasteiger partial charge in [0.05, 0.1) is 9.90 Å². The summed E-state index contributed by atoms with van der Waals surface area (Å²) in [4.78, 5) is 22.8. The molecule has 7 heteroatoms. The van der Waals surface area contributed by atoms with Gasteiger partial charge in [-0.25, -0.2) is 4.79 Å². The molecule has 1 atom stereocenters. The molecule has 1 aliphatic carbocycles. The maximum Gasteiger partial charge on any atom is 0.326 e. The molecular weight excluding hydrogens is 285 g/mol. The van der Waals surface area contributed by atoms with Crippen LogP contribution in [-0.4, -0.2) is 23.0 Å². The molecule has 0 aliphatic heterocycles. The molecule has 0 radical (unpaired) electrons. The SMILES string of the molecule is O=C(NC(C(=O)O)C1CC1)c1cc(Cl)sc1Cl. The second-order valence-corrected chi connectivity index (χ2v) is 6.15. The summed E-state index contributed by atoms with van der Waals surface area (Å²) in [6.07, 6.45) is 1.66. The fraction of sp³-hybridized carbons (Fsp3) is 0.400. The monoisotopic (exact) mass is 293 g/mol. The lowest BCUT2D eigenvalue weighted by Gasteiger charge is -2.12. The quantitative estimate of drug-likeness (QED) is 0.897. The number of amides is 1. The Morgan fingerprint density at radius 1 is 1.47 bits per heavy atom. The smallest absolute Gasteiger partial charge is 0.326 e. The lowest BCUT2D eigenvalue weighted by atomic mass is 10.2. The summed E-state index contributed by atoms with van der Waals surface area (Å²) in [5.41, 5.74) is 0.230. The van der Waals surface area contributed by atoms with Crippen molar-refractivity contribution in [3.05, 3.63) is 20.3 Å². The standard InChI is InChI=1S/C10H9Cl2NO3S/c11-6-3-5(8(12)17-6)9(14)13-7(10(15)16)4-1-2-4/h3-4,7H,1-2H2,(H,13,14)(H,15,16). The van der Waals surface area contributed by atoms with E-state index in [9.17, 15) is 9.59 Å². The number of rotatable bonds is 4. The fourth-order valence-corrected chi connectivity index (χ4v) is 2.98. The molecule has 2 N–H and O–H groups in total. The molecule has 1 amide bonds. The van der Waals surface area contributed by atoms with E-state index < -0.39 is 17.9 Å². The summed E-state index contributed by atoms with van der Waals surface area (Å²) >= 11 is 12.6. The molecule has 1 heterocycles. The maximum atomic E-state index is 11.8. The average Bonchev–Trinajstić information content (AvgIpc) is 3.00. The number of halogens is 2. The number of thiophene rings is 1. The van der Waals surface area contributed by atoms with Crippen molar-refractivity contribution in [2.24, 2.45) is 5.92 Å². The van der Waals surface area contributed by atoms with Crippen LogP contribution in [-0.2, 0) is 4.79 Å². The molecule has 92 valence electrons. The molecule has 1 aromatic heterocycles. The summed E-state index contributed by atoms with van der Waals surface area (Å²) in [7, 11) is 0. The number of carbonyl (C=O) groups is 2. The summed E-state index contributed by atoms with van der Waals surface area (Å²) in [5.74, 6) is -1.47. The lowest BCUT2D eigenvalue weighted by molar-refractivity contribution is -0.139. The highest BCUT2D eigenvalue weighted by Gasteiger charge is 2.37. The first-order chi connectivity index (χ1) is 7.99. The van der Waals surface area contributed by atoms with E-state index in [2.05, 4.69) is 5.32 Å². The van der Waals surface area contributed by atoms with Crippen LogP contribution in [0.1, 0.15) is 23.2 Å². The van der Waals surface area contributed by atoms with Crippen LogP contribution in [0.4, 0.5) is 0 Å². The first-order valence-corrected chi connectivity index (χ1v) is 6.55. The normalized spacial score (nSPS) is 16.6. The Labute approximate surface area is 112 Å². The van der Waals surface area contributed by atoms with Gasteiger partial charge in [-0.1, -0.05) is 23.2 Å². The Morgan fingerprint density at radius 3 is 2.53 bits per heavy atom. The van der Waals surface area contributed by atoms with Gasteiger partial charge in [0.2, 0.25) is 0 Å². The van der Waals surface area contributed by atoms with E-state index in [0.29, 0.717) is 4.34 Å². The van der Waals surface area contributed by atoms with Crippen LogP contribution in [0.3, 0.4) is 0 Å². The largest absolute Gasteiger partial charge is 0.480 e. The van der Waals surface area contributed by atoms with Crippen LogP contribution in [0.25, 0.3) is 0 Å². The first-order valence-electron chi connectivity index (χ1n) is 4.97. The van der Waals surface area contributed by atoms with Gasteiger partial charge in [-0.05, 0) is 24.8 Å². The maximum absolute atomic E-state index is 11.8. The molecule has 0 saturated heterocycles. The molecule has 1 unspecified atom stereocenters. The molecule has 0 aromatic carbocycles. The minimum absolute atomic E-state index is 0.0318. The van der Waals surface area contributed by atoms with Gasteiger partial charge in [-0.15, -0.1) is 11.3 Å². The number of hydrogen-bond acceptors (Lipinski definition) is 3. The van der Waals surface area contributed by atoms with Crippen LogP contribution < -0.4 is 5.32 Å². The van der Waals surface area contributed by atoms with Crippen molar-refractivity contribution in [1.82, 2.24) is 5.32 Å². The van der Waals surface area contributed by atoms with E-state index >= 15 is 0 Å². The highest BCUT2D eigenvalue weighted by Crippen LogP contribution is 2.34. The number of carboxylic acids is 1. The molecule has 1 saturated carbocycles. The van der Waals surface area contributed by atoms with E-state index in [4.69, 9.17) is 28.3 Å². The van der Waals surface area contributed by atoms with Crippen LogP contribution in [0.2, 0.25) is 8.67 Å². The Balaban J connectivity index is 2.10. The number of carbonyl (C=O) groups excluding carboxylic acids is 1. The van der Waals surface area contributed by atoms with Crippen molar-refractivity contribution < 1.29 is 14.7 Å². The van der Waals surface area contributed by atoms with Gasteiger partial charge in [-0.2, -0.15) is 0 Å². The predicted molar refractivity (Wildman–Crippen MR) is 66.0 cm³/mol. The minimum Gasteiger partial charge on any atom is -0.480 e. The van der Waals surface area contributed by atoms with Gasteiger partial charge in [0.15, 0.2) is 0 Å². The second-order valence-electron chi connectivity index (χ2n) is 3.86. The van der Waals surface area contributed by atoms with E-state index in [-0.39, 0.29) is 15.8 Å². The zero-order valence-electron chi connectivity index (χ0n) is 8.57. The van der Waals surface area contributed by atoms with E-state index in [1.54, 1.807) is 0 Å². The first kappa shape index (κ1) is 12.7. The Kier molecular flexibility index (Phi) is 3.61. The Morgan fingerprint density at radius 2 is 2.12 bits per heavy atom. The Bertz CT molecular complexity index is 470. The van der Waals surface area contributed by atoms with Crippen molar-refractivity contribution in [1.29, 1.82) is 0 Å². The van der Waals surface area contributed by atoms with E-state index in [1.807, 2.05) is 0 Å². The average molecular weight is 294 g/mol. The predicted octanol–water partition coefficient (Wildman–Crippen LogP) is 2.65. The highest BCUT2D eigenvalue weighted by molar-refractivity contribution is 7.20. The van der Waals surface area contributed by atoms with Crippen LogP contribution in [0, 0.1) is 5.92 Å². The topological polar surface area (TPSA) is 66.4 Å². The molecular formula is C10H9Cl2NO3S. The van der Waals surface area contributed by atoms with Crippen molar-refractivity contribution >= 4 is 46.4 Å². The fourth-order valence-electron chi connectivity index (χ4n) is 1.52. The Hall–Kier alpha value is -0.780. The lowest BCUT2D eigenvalue weighted by Crippen LogP contribution is -2.42. The van der Waals surface area contributed by atoms with Crippen LogP contribution >= 0.6 is 34.5 Å². The molecule has 2 rings (SSSR count). The van der Waals surface area contributed by atoms with Crippen molar-refractivity contribution in [3.63, 3.8) is 0 Å². The van der Waals surface area contributed by atoms with Crippen LogP contribution in [0.15, 0.2) is 6.07 Å². The number of aliphatic carboxylic acids is 1. The van der Waals surface area contributed by atoms with Gasteiger partial charge in [0.1, 0.15) is 10.4 Å². The molecule has 1 aliphatic rings. The number of carboxylic acid groups (broad SMARTS) is 1. The molecule has 1 aromatic rings. The third-order valence-electron chi connectivity index (χ3n) is 2.55. The highest BCUT2D eigenvalue weighted by atomic mass is 35.5. The van der Waals surface area contributed by atoms with Crippen molar-refractivity contribution in [3.8, 4) is 0 Å². The van der Waals surface area contributed by atoms with Gasteiger partial charge in [0, 0.05) is 0 Å². The van der Waals surface area contributed by atoms with E-state index in [1.165, 1.54) is 6.07 Å². The second kappa shape index (κ2) is 4.84. The van der Waals surface area contributed by atoms with Crippen LogP contribution in [0.5, 0.6) is 0 Å². The molecule has 0 spiro atoms. The zero-order chi connectivity index (χ0) is 12.6.